The third-order valence-electron chi connectivity index (χ3n) is 2.94. The molecule has 2 rings (SSSR count). The molecule has 0 unspecified atom stereocenters. The van der Waals surface area contributed by atoms with E-state index in [0.717, 1.165) is 11.1 Å². The molecule has 0 amide bonds. The molecule has 5 nitrogen and oxygen atoms in total. The molecule has 0 aliphatic heterocycles. The van der Waals surface area contributed by atoms with Crippen LogP contribution in [0.15, 0.2) is 42.5 Å². The molecule has 0 fully saturated rings. The molecule has 0 aliphatic carbocycles. The van der Waals surface area contributed by atoms with Crippen LogP contribution in [0.1, 0.15) is 11.1 Å². The highest BCUT2D eigenvalue weighted by Gasteiger charge is 2.10. The Morgan fingerprint density at radius 1 is 1.19 bits per heavy atom. The molecule has 0 saturated carbocycles. The van der Waals surface area contributed by atoms with Crippen molar-refractivity contribution < 1.29 is 14.1 Å². The molecule has 0 radical (unpaired) electrons. The highest BCUT2D eigenvalue weighted by atomic mass is 19.1. The Bertz CT molecular complexity index is 647. The van der Waals surface area contributed by atoms with Crippen LogP contribution in [0.4, 0.5) is 10.1 Å². The normalized spacial score (nSPS) is 10.4. The van der Waals surface area contributed by atoms with Gasteiger partial charge in [-0.15, -0.1) is 0 Å². The highest BCUT2D eigenvalue weighted by molar-refractivity contribution is 5.42. The quantitative estimate of drug-likeness (QED) is 0.656. The summed E-state index contributed by atoms with van der Waals surface area (Å²) in [4.78, 5) is 10.4. The molecule has 21 heavy (non-hydrogen) atoms. The van der Waals surface area contributed by atoms with Crippen molar-refractivity contribution in [3.63, 3.8) is 0 Å². The number of nitrogens with one attached hydrogen (secondary N) is 1. The van der Waals surface area contributed by atoms with Gasteiger partial charge in [0.25, 0.3) is 5.69 Å². The van der Waals surface area contributed by atoms with Crippen molar-refractivity contribution in [2.45, 2.75) is 13.1 Å². The lowest BCUT2D eigenvalue weighted by Crippen LogP contribution is -2.13. The van der Waals surface area contributed by atoms with Crippen LogP contribution in [0.25, 0.3) is 0 Å². The molecule has 0 atom stereocenters. The van der Waals surface area contributed by atoms with Gasteiger partial charge in [0, 0.05) is 19.2 Å². The van der Waals surface area contributed by atoms with Gasteiger partial charge in [-0.3, -0.25) is 10.1 Å². The average Bonchev–Trinajstić information content (AvgIpc) is 2.47. The van der Waals surface area contributed by atoms with Crippen molar-refractivity contribution in [1.29, 1.82) is 0 Å². The van der Waals surface area contributed by atoms with Crippen LogP contribution in [-0.4, -0.2) is 12.0 Å². The van der Waals surface area contributed by atoms with Gasteiger partial charge in [-0.25, -0.2) is 4.39 Å². The van der Waals surface area contributed by atoms with Crippen molar-refractivity contribution in [2.75, 3.05) is 7.11 Å². The Labute approximate surface area is 121 Å². The van der Waals surface area contributed by atoms with E-state index in [9.17, 15) is 14.5 Å². The molecule has 0 heterocycles. The van der Waals surface area contributed by atoms with Crippen LogP contribution in [0.5, 0.6) is 5.75 Å². The molecule has 2 aromatic rings. The first-order chi connectivity index (χ1) is 10.1. The van der Waals surface area contributed by atoms with Crippen LogP contribution < -0.4 is 10.1 Å². The van der Waals surface area contributed by atoms with Crippen molar-refractivity contribution in [2.24, 2.45) is 0 Å². The monoisotopic (exact) mass is 290 g/mol. The first-order valence-corrected chi connectivity index (χ1v) is 6.36. The van der Waals surface area contributed by atoms with Gasteiger partial charge < -0.3 is 10.1 Å². The standard InChI is InChI=1S/C15H15FN2O3/c1-21-15-7-12(6-14(8-15)18(19)20)10-17-9-11-3-2-4-13(16)5-11/h2-8,17H,9-10H2,1H3. The van der Waals surface area contributed by atoms with E-state index < -0.39 is 4.92 Å². The lowest BCUT2D eigenvalue weighted by Gasteiger charge is -2.07. The molecule has 0 aliphatic rings. The predicted molar refractivity (Wildman–Crippen MR) is 76.6 cm³/mol. The van der Waals surface area contributed by atoms with Gasteiger partial charge in [-0.1, -0.05) is 12.1 Å². The van der Waals surface area contributed by atoms with Gasteiger partial charge in [-0.2, -0.15) is 0 Å². The largest absolute Gasteiger partial charge is 0.496 e. The fourth-order valence-corrected chi connectivity index (χ4v) is 1.97. The minimum Gasteiger partial charge on any atom is -0.496 e. The Hall–Kier alpha value is -2.47. The van der Waals surface area contributed by atoms with E-state index in [2.05, 4.69) is 5.32 Å². The molecule has 1 N–H and O–H groups in total. The Balaban J connectivity index is 2.02. The van der Waals surface area contributed by atoms with Crippen LogP contribution in [0.3, 0.4) is 0 Å². The predicted octanol–water partition coefficient (Wildman–Crippen LogP) is 3.03. The summed E-state index contributed by atoms with van der Waals surface area (Å²) in [6.45, 7) is 0.900. The summed E-state index contributed by atoms with van der Waals surface area (Å²) in [7, 11) is 1.46. The summed E-state index contributed by atoms with van der Waals surface area (Å²) in [6.07, 6.45) is 0. The number of halogens is 1. The first-order valence-electron chi connectivity index (χ1n) is 6.36. The number of nitrogens with zero attached hydrogens (tertiary/aromatic N) is 1. The average molecular weight is 290 g/mol. The molecular weight excluding hydrogens is 275 g/mol. The number of methoxy groups -OCH3 is 1. The summed E-state index contributed by atoms with van der Waals surface area (Å²) in [5, 5.41) is 14.0. The Morgan fingerprint density at radius 2 is 1.95 bits per heavy atom. The fourth-order valence-electron chi connectivity index (χ4n) is 1.97. The Morgan fingerprint density at radius 3 is 2.62 bits per heavy atom. The van der Waals surface area contributed by atoms with Crippen LogP contribution in [0, 0.1) is 15.9 Å². The first kappa shape index (κ1) is 14.9. The van der Waals surface area contributed by atoms with E-state index >= 15 is 0 Å². The number of hydrogen-bond donors (Lipinski definition) is 1. The van der Waals surface area contributed by atoms with Gasteiger partial charge in [-0.05, 0) is 29.3 Å². The Kier molecular flexibility index (Phi) is 4.84. The van der Waals surface area contributed by atoms with Crippen molar-refractivity contribution in [3.05, 3.63) is 69.5 Å². The molecule has 2 aromatic carbocycles. The zero-order chi connectivity index (χ0) is 15.2. The molecular formula is C15H15FN2O3. The van der Waals surface area contributed by atoms with Crippen LogP contribution in [-0.2, 0) is 13.1 Å². The van der Waals surface area contributed by atoms with E-state index in [-0.39, 0.29) is 11.5 Å². The van der Waals surface area contributed by atoms with E-state index in [1.165, 1.54) is 31.4 Å². The molecule has 0 spiro atoms. The van der Waals surface area contributed by atoms with Crippen molar-refractivity contribution in [1.82, 2.24) is 5.32 Å². The third-order valence-corrected chi connectivity index (χ3v) is 2.94. The number of ether oxygens (including phenoxy) is 1. The topological polar surface area (TPSA) is 64.4 Å². The van der Waals surface area contributed by atoms with Gasteiger partial charge in [0.15, 0.2) is 0 Å². The van der Waals surface area contributed by atoms with E-state index in [1.807, 2.05) is 6.07 Å². The number of nitro benzene ring substituents is 1. The lowest BCUT2D eigenvalue weighted by molar-refractivity contribution is -0.385. The van der Waals surface area contributed by atoms with Crippen molar-refractivity contribution in [3.8, 4) is 5.75 Å². The smallest absolute Gasteiger partial charge is 0.273 e. The number of rotatable bonds is 6. The van der Waals surface area contributed by atoms with E-state index in [1.54, 1.807) is 12.1 Å². The minimum absolute atomic E-state index is 0.0168. The second-order valence-electron chi connectivity index (χ2n) is 4.53. The lowest BCUT2D eigenvalue weighted by atomic mass is 10.1. The zero-order valence-electron chi connectivity index (χ0n) is 11.5. The fraction of sp³-hybridized carbons (Fsp3) is 0.200. The maximum Gasteiger partial charge on any atom is 0.273 e. The number of hydrogen-bond acceptors (Lipinski definition) is 4. The molecule has 0 saturated heterocycles. The van der Waals surface area contributed by atoms with Gasteiger partial charge in [0.1, 0.15) is 11.6 Å². The van der Waals surface area contributed by atoms with Crippen molar-refractivity contribution >= 4 is 5.69 Å². The van der Waals surface area contributed by atoms with Gasteiger partial charge in [0.05, 0.1) is 18.1 Å². The molecule has 6 heteroatoms. The summed E-state index contributed by atoms with van der Waals surface area (Å²) in [5.74, 6) is 0.151. The summed E-state index contributed by atoms with van der Waals surface area (Å²) in [5.41, 5.74) is 1.53. The van der Waals surface area contributed by atoms with E-state index in [4.69, 9.17) is 4.74 Å². The number of nitro groups is 1. The molecule has 0 bridgehead atoms. The number of non-ortho nitro benzene ring substituents is 1. The SMILES string of the molecule is COc1cc(CNCc2cccc(F)c2)cc([N+](=O)[O-])c1. The summed E-state index contributed by atoms with van der Waals surface area (Å²) < 4.78 is 18.1. The van der Waals surface area contributed by atoms with Gasteiger partial charge in [0.2, 0.25) is 0 Å². The second kappa shape index (κ2) is 6.81. The summed E-state index contributed by atoms with van der Waals surface area (Å²) in [6, 6.07) is 10.9. The van der Waals surface area contributed by atoms with E-state index in [0.29, 0.717) is 18.8 Å². The van der Waals surface area contributed by atoms with Crippen LogP contribution in [0.2, 0.25) is 0 Å². The van der Waals surface area contributed by atoms with Crippen LogP contribution >= 0.6 is 0 Å². The highest BCUT2D eigenvalue weighted by Crippen LogP contribution is 2.22. The zero-order valence-corrected chi connectivity index (χ0v) is 11.5. The minimum atomic E-state index is -0.460. The third kappa shape index (κ3) is 4.25. The molecule has 0 aromatic heterocycles. The molecule has 110 valence electrons. The number of benzene rings is 2. The second-order valence-corrected chi connectivity index (χ2v) is 4.53. The summed E-state index contributed by atoms with van der Waals surface area (Å²) >= 11 is 0. The van der Waals surface area contributed by atoms with Gasteiger partial charge >= 0.3 is 0 Å². The maximum absolute atomic E-state index is 13.0. The maximum atomic E-state index is 13.0.